The minimum absolute atomic E-state index is 0.0763. The summed E-state index contributed by atoms with van der Waals surface area (Å²) in [7, 11) is 0. The lowest BCUT2D eigenvalue weighted by Gasteiger charge is -2.14. The van der Waals surface area contributed by atoms with E-state index in [1.807, 2.05) is 12.1 Å². The number of aliphatic hydroxyl groups is 2. The highest BCUT2D eigenvalue weighted by molar-refractivity contribution is 5.97. The standard InChI is InChI=1S/C21H22N2O6/c24-7-5-22-20(27)13-1-3-15-16-4-2-14(21(28)23-6-8-25)10-18(16)19(11-29-12-26)17(15)9-13/h1-4,9-10,12,19,24-25H,5-8,11H2,(H,22,27)(H,23,28). The van der Waals surface area contributed by atoms with Gasteiger partial charge in [-0.15, -0.1) is 0 Å². The summed E-state index contributed by atoms with van der Waals surface area (Å²) in [6.45, 7) is 0.443. The van der Waals surface area contributed by atoms with Crippen molar-refractivity contribution >= 4 is 18.3 Å². The number of nitrogens with one attached hydrogen (secondary N) is 2. The molecular weight excluding hydrogens is 376 g/mol. The summed E-state index contributed by atoms with van der Waals surface area (Å²) in [6, 6.07) is 10.5. The summed E-state index contributed by atoms with van der Waals surface area (Å²) in [6.07, 6.45) is 0. The third-order valence-corrected chi connectivity index (χ3v) is 4.79. The number of aliphatic hydroxyl groups excluding tert-OH is 2. The minimum atomic E-state index is -0.318. The van der Waals surface area contributed by atoms with Gasteiger partial charge in [0.05, 0.1) is 13.2 Å². The van der Waals surface area contributed by atoms with E-state index >= 15 is 0 Å². The lowest BCUT2D eigenvalue weighted by atomic mass is 9.95. The monoisotopic (exact) mass is 398 g/mol. The molecule has 2 amide bonds. The van der Waals surface area contributed by atoms with Crippen molar-refractivity contribution < 1.29 is 29.3 Å². The molecular formula is C21H22N2O6. The number of hydrogen-bond acceptors (Lipinski definition) is 6. The predicted octanol–water partition coefficient (Wildman–Crippen LogP) is 0.416. The summed E-state index contributed by atoms with van der Waals surface area (Å²) < 4.78 is 5.01. The van der Waals surface area contributed by atoms with Crippen molar-refractivity contribution in [1.82, 2.24) is 10.6 Å². The number of carbonyl (C=O) groups excluding carboxylic acids is 3. The predicted molar refractivity (Wildman–Crippen MR) is 105 cm³/mol. The van der Waals surface area contributed by atoms with Gasteiger partial charge in [-0.25, -0.2) is 0 Å². The third kappa shape index (κ3) is 4.28. The number of hydrogen-bond donors (Lipinski definition) is 4. The Kier molecular flexibility index (Phi) is 6.58. The van der Waals surface area contributed by atoms with E-state index in [4.69, 9.17) is 14.9 Å². The zero-order chi connectivity index (χ0) is 20.8. The van der Waals surface area contributed by atoms with Crippen LogP contribution in [0.4, 0.5) is 0 Å². The van der Waals surface area contributed by atoms with Crippen LogP contribution >= 0.6 is 0 Å². The molecule has 2 aromatic carbocycles. The number of ether oxygens (including phenoxy) is 1. The van der Waals surface area contributed by atoms with Crippen LogP contribution in [0.3, 0.4) is 0 Å². The van der Waals surface area contributed by atoms with Crippen LogP contribution in [0, 0.1) is 0 Å². The average Bonchev–Trinajstić information content (AvgIpc) is 3.06. The molecule has 0 saturated carbocycles. The Morgan fingerprint density at radius 1 is 0.897 bits per heavy atom. The molecule has 8 heteroatoms. The zero-order valence-electron chi connectivity index (χ0n) is 15.7. The molecule has 1 aliphatic rings. The average molecular weight is 398 g/mol. The van der Waals surface area contributed by atoms with Crippen LogP contribution in [0.15, 0.2) is 36.4 Å². The summed E-state index contributed by atoms with van der Waals surface area (Å²) in [5, 5.41) is 23.0. The molecule has 0 bridgehead atoms. The van der Waals surface area contributed by atoms with Gasteiger partial charge in [0, 0.05) is 30.1 Å². The highest BCUT2D eigenvalue weighted by Crippen LogP contribution is 2.45. The van der Waals surface area contributed by atoms with Gasteiger partial charge in [0.15, 0.2) is 0 Å². The SMILES string of the molecule is O=COCC1c2cc(C(=O)NCCO)ccc2-c2ccc(C(=O)NCCO)cc21. The summed E-state index contributed by atoms with van der Waals surface area (Å²) >= 11 is 0. The highest BCUT2D eigenvalue weighted by atomic mass is 16.5. The van der Waals surface area contributed by atoms with E-state index in [1.54, 1.807) is 24.3 Å². The number of carbonyl (C=O) groups is 3. The van der Waals surface area contributed by atoms with Crippen LogP contribution in [0.2, 0.25) is 0 Å². The lowest BCUT2D eigenvalue weighted by molar-refractivity contribution is -0.128. The van der Waals surface area contributed by atoms with Gasteiger partial charge >= 0.3 is 0 Å². The Bertz CT molecular complexity index is 858. The van der Waals surface area contributed by atoms with Gasteiger partial charge in [-0.1, -0.05) is 12.1 Å². The van der Waals surface area contributed by atoms with Crippen LogP contribution in [0.25, 0.3) is 11.1 Å². The maximum absolute atomic E-state index is 12.3. The summed E-state index contributed by atoms with van der Waals surface area (Å²) in [4.78, 5) is 35.3. The molecule has 0 unspecified atom stereocenters. The summed E-state index contributed by atoms with van der Waals surface area (Å²) in [5.41, 5.74) is 4.32. The van der Waals surface area contributed by atoms with Crippen molar-refractivity contribution in [1.29, 1.82) is 0 Å². The maximum atomic E-state index is 12.3. The van der Waals surface area contributed by atoms with E-state index in [9.17, 15) is 14.4 Å². The largest absolute Gasteiger partial charge is 0.467 e. The van der Waals surface area contributed by atoms with Gasteiger partial charge in [-0.2, -0.15) is 0 Å². The van der Waals surface area contributed by atoms with Gasteiger partial charge in [0.1, 0.15) is 6.61 Å². The fourth-order valence-electron chi connectivity index (χ4n) is 3.50. The van der Waals surface area contributed by atoms with E-state index in [-0.39, 0.29) is 50.6 Å². The van der Waals surface area contributed by atoms with Crippen LogP contribution in [-0.4, -0.2) is 61.4 Å². The molecule has 0 atom stereocenters. The Morgan fingerprint density at radius 2 is 1.38 bits per heavy atom. The van der Waals surface area contributed by atoms with Crippen molar-refractivity contribution in [3.05, 3.63) is 58.7 Å². The van der Waals surface area contributed by atoms with Crippen molar-refractivity contribution in [2.75, 3.05) is 32.9 Å². The fraction of sp³-hybridized carbons (Fsp3) is 0.286. The number of rotatable bonds is 9. The Labute approximate surface area is 167 Å². The van der Waals surface area contributed by atoms with E-state index < -0.39 is 0 Å². The second-order valence-corrected chi connectivity index (χ2v) is 6.55. The van der Waals surface area contributed by atoms with Gasteiger partial charge in [-0.05, 0) is 46.5 Å². The molecule has 8 nitrogen and oxygen atoms in total. The molecule has 0 aliphatic heterocycles. The first-order valence-electron chi connectivity index (χ1n) is 9.22. The van der Waals surface area contributed by atoms with Crippen molar-refractivity contribution in [3.8, 4) is 11.1 Å². The Hall–Kier alpha value is -3.23. The minimum Gasteiger partial charge on any atom is -0.467 e. The molecule has 1 aliphatic carbocycles. The van der Waals surface area contributed by atoms with Gasteiger partial charge in [0.2, 0.25) is 0 Å². The van der Waals surface area contributed by atoms with Crippen molar-refractivity contribution in [2.45, 2.75) is 5.92 Å². The number of benzene rings is 2. The molecule has 2 aromatic rings. The van der Waals surface area contributed by atoms with Crippen LogP contribution in [-0.2, 0) is 9.53 Å². The van der Waals surface area contributed by atoms with E-state index in [2.05, 4.69) is 10.6 Å². The Balaban J connectivity index is 1.97. The van der Waals surface area contributed by atoms with Crippen LogP contribution < -0.4 is 10.6 Å². The molecule has 0 radical (unpaired) electrons. The van der Waals surface area contributed by atoms with Gasteiger partial charge in [-0.3, -0.25) is 14.4 Å². The van der Waals surface area contributed by atoms with Crippen molar-refractivity contribution in [2.24, 2.45) is 0 Å². The second-order valence-electron chi connectivity index (χ2n) is 6.55. The molecule has 0 aromatic heterocycles. The molecule has 29 heavy (non-hydrogen) atoms. The third-order valence-electron chi connectivity index (χ3n) is 4.79. The first-order valence-corrected chi connectivity index (χ1v) is 9.22. The number of fused-ring (bicyclic) bond motifs is 3. The summed E-state index contributed by atoms with van der Waals surface area (Å²) in [5.74, 6) is -0.935. The second kappa shape index (κ2) is 9.31. The quantitative estimate of drug-likeness (QED) is 0.454. The van der Waals surface area contributed by atoms with E-state index in [1.165, 1.54) is 0 Å². The number of amides is 2. The highest BCUT2D eigenvalue weighted by Gasteiger charge is 2.31. The first-order chi connectivity index (χ1) is 14.1. The lowest BCUT2D eigenvalue weighted by Crippen LogP contribution is -2.26. The molecule has 0 spiro atoms. The van der Waals surface area contributed by atoms with E-state index in [0.717, 1.165) is 22.3 Å². The van der Waals surface area contributed by atoms with Gasteiger partial charge < -0.3 is 25.6 Å². The van der Waals surface area contributed by atoms with Crippen molar-refractivity contribution in [3.63, 3.8) is 0 Å². The molecule has 0 fully saturated rings. The van der Waals surface area contributed by atoms with Crippen LogP contribution in [0.1, 0.15) is 37.8 Å². The molecule has 4 N–H and O–H groups in total. The molecule has 3 rings (SSSR count). The molecule has 0 heterocycles. The molecule has 0 saturated heterocycles. The fourth-order valence-corrected chi connectivity index (χ4v) is 3.50. The Morgan fingerprint density at radius 3 is 1.79 bits per heavy atom. The maximum Gasteiger partial charge on any atom is 0.293 e. The first kappa shape index (κ1) is 20.5. The smallest absolute Gasteiger partial charge is 0.293 e. The topological polar surface area (TPSA) is 125 Å². The normalized spacial score (nSPS) is 12.1. The van der Waals surface area contributed by atoms with Crippen LogP contribution in [0.5, 0.6) is 0 Å². The van der Waals surface area contributed by atoms with E-state index in [0.29, 0.717) is 17.6 Å². The zero-order valence-corrected chi connectivity index (χ0v) is 15.7. The van der Waals surface area contributed by atoms with Gasteiger partial charge in [0.25, 0.3) is 18.3 Å². The molecule has 152 valence electrons.